The fourth-order valence-corrected chi connectivity index (χ4v) is 2.37. The molecule has 0 atom stereocenters. The quantitative estimate of drug-likeness (QED) is 0.556. The van der Waals surface area contributed by atoms with Gasteiger partial charge in [-0.15, -0.1) is 0 Å². The maximum Gasteiger partial charge on any atom is 0.312 e. The zero-order valence-electron chi connectivity index (χ0n) is 14.5. The average molecular weight is 351 g/mol. The van der Waals surface area contributed by atoms with Crippen LogP contribution in [-0.2, 0) is 27.2 Å². The highest BCUT2D eigenvalue weighted by molar-refractivity contribution is 5.71. The van der Waals surface area contributed by atoms with E-state index in [-0.39, 0.29) is 24.7 Å². The van der Waals surface area contributed by atoms with Crippen molar-refractivity contribution in [2.75, 3.05) is 0 Å². The molecule has 138 valence electrons. The topological polar surface area (TPSA) is 114 Å². The number of esters is 1. The molecular weight excluding hydrogens is 326 g/mol. The van der Waals surface area contributed by atoms with Gasteiger partial charge in [-0.05, 0) is 43.2 Å². The van der Waals surface area contributed by atoms with Gasteiger partial charge in [0.05, 0.1) is 0 Å². The third kappa shape index (κ3) is 8.83. The number of unbranched alkanes of at least 4 members (excludes halogenated alkanes) is 1. The van der Waals surface area contributed by atoms with Crippen LogP contribution in [0.2, 0.25) is 0 Å². The van der Waals surface area contributed by atoms with Crippen molar-refractivity contribution in [2.45, 2.75) is 64.7 Å². The Morgan fingerprint density at radius 2 is 1.56 bits per heavy atom. The second kappa shape index (κ2) is 11.2. The number of pyridine rings is 1. The molecule has 1 rings (SSSR count). The standard InChI is InChI=1S/C18H25NO6/c1-2-3-10-18(24)25-15-11-13(6-4-8-16(20)21)14(12-19-15)7-5-9-17(22)23/h11-12H,2-10H2,1H3,(H,20,21)(H,22,23). The Hall–Kier alpha value is -2.44. The molecule has 0 aliphatic carbocycles. The molecule has 7 nitrogen and oxygen atoms in total. The van der Waals surface area contributed by atoms with Crippen molar-refractivity contribution in [3.8, 4) is 5.88 Å². The van der Waals surface area contributed by atoms with Gasteiger partial charge in [0.15, 0.2) is 0 Å². The number of carbonyl (C=O) groups is 3. The van der Waals surface area contributed by atoms with Crippen LogP contribution in [0.1, 0.15) is 63.0 Å². The number of aryl methyl sites for hydroxylation is 2. The van der Waals surface area contributed by atoms with E-state index < -0.39 is 11.9 Å². The van der Waals surface area contributed by atoms with E-state index >= 15 is 0 Å². The zero-order chi connectivity index (χ0) is 18.7. The monoisotopic (exact) mass is 351 g/mol. The number of carbonyl (C=O) groups excluding carboxylic acids is 1. The van der Waals surface area contributed by atoms with Crippen LogP contribution in [0.15, 0.2) is 12.3 Å². The molecule has 1 heterocycles. The summed E-state index contributed by atoms with van der Waals surface area (Å²) in [7, 11) is 0. The minimum atomic E-state index is -0.868. The van der Waals surface area contributed by atoms with E-state index in [1.54, 1.807) is 12.3 Å². The molecular formula is C18H25NO6. The van der Waals surface area contributed by atoms with Crippen LogP contribution in [0.25, 0.3) is 0 Å². The lowest BCUT2D eigenvalue weighted by Crippen LogP contribution is -2.10. The first-order chi connectivity index (χ1) is 11.9. The van der Waals surface area contributed by atoms with Crippen molar-refractivity contribution in [3.63, 3.8) is 0 Å². The molecule has 0 unspecified atom stereocenters. The van der Waals surface area contributed by atoms with E-state index in [0.29, 0.717) is 32.1 Å². The van der Waals surface area contributed by atoms with E-state index in [1.165, 1.54) is 0 Å². The Morgan fingerprint density at radius 3 is 2.12 bits per heavy atom. The molecule has 0 fully saturated rings. The number of hydrogen-bond donors (Lipinski definition) is 2. The van der Waals surface area contributed by atoms with Crippen LogP contribution in [-0.4, -0.2) is 33.1 Å². The molecule has 0 bridgehead atoms. The van der Waals surface area contributed by atoms with E-state index in [0.717, 1.165) is 24.0 Å². The van der Waals surface area contributed by atoms with Crippen molar-refractivity contribution in [1.29, 1.82) is 0 Å². The van der Waals surface area contributed by atoms with Gasteiger partial charge in [-0.3, -0.25) is 14.4 Å². The number of rotatable bonds is 12. The van der Waals surface area contributed by atoms with Crippen LogP contribution in [0.4, 0.5) is 0 Å². The number of ether oxygens (including phenoxy) is 1. The van der Waals surface area contributed by atoms with Gasteiger partial charge in [0.2, 0.25) is 5.88 Å². The summed E-state index contributed by atoms with van der Waals surface area (Å²) >= 11 is 0. The molecule has 25 heavy (non-hydrogen) atoms. The highest BCUT2D eigenvalue weighted by atomic mass is 16.5. The van der Waals surface area contributed by atoms with Crippen LogP contribution in [0, 0.1) is 0 Å². The number of aromatic nitrogens is 1. The highest BCUT2D eigenvalue weighted by Crippen LogP contribution is 2.20. The molecule has 2 N–H and O–H groups in total. The van der Waals surface area contributed by atoms with Gasteiger partial charge in [-0.1, -0.05) is 13.3 Å². The van der Waals surface area contributed by atoms with E-state index in [4.69, 9.17) is 14.9 Å². The maximum absolute atomic E-state index is 11.7. The smallest absolute Gasteiger partial charge is 0.312 e. The lowest BCUT2D eigenvalue weighted by molar-refractivity contribution is -0.138. The Balaban J connectivity index is 2.78. The minimum Gasteiger partial charge on any atom is -0.481 e. The van der Waals surface area contributed by atoms with Gasteiger partial charge in [-0.2, -0.15) is 0 Å². The summed E-state index contributed by atoms with van der Waals surface area (Å²) in [5, 5.41) is 17.5. The molecule has 0 aromatic carbocycles. The van der Waals surface area contributed by atoms with Crippen LogP contribution in [0.5, 0.6) is 5.88 Å². The van der Waals surface area contributed by atoms with E-state index in [1.807, 2.05) is 6.92 Å². The maximum atomic E-state index is 11.7. The Labute approximate surface area is 147 Å². The Morgan fingerprint density at radius 1 is 0.960 bits per heavy atom. The molecule has 1 aromatic heterocycles. The first-order valence-electron chi connectivity index (χ1n) is 8.54. The third-order valence-electron chi connectivity index (χ3n) is 3.68. The first kappa shape index (κ1) is 20.6. The summed E-state index contributed by atoms with van der Waals surface area (Å²) in [6.45, 7) is 1.98. The SMILES string of the molecule is CCCCC(=O)Oc1cc(CCCC(=O)O)c(CCCC(=O)O)cn1. The van der Waals surface area contributed by atoms with Gasteiger partial charge >= 0.3 is 17.9 Å². The average Bonchev–Trinajstić information content (AvgIpc) is 2.54. The number of carboxylic acid groups (broad SMARTS) is 2. The molecule has 0 spiro atoms. The van der Waals surface area contributed by atoms with Crippen LogP contribution < -0.4 is 4.74 Å². The molecule has 7 heteroatoms. The van der Waals surface area contributed by atoms with Gasteiger partial charge in [0, 0.05) is 31.5 Å². The van der Waals surface area contributed by atoms with Crippen LogP contribution >= 0.6 is 0 Å². The summed E-state index contributed by atoms with van der Waals surface area (Å²) in [6, 6.07) is 1.65. The van der Waals surface area contributed by atoms with E-state index in [2.05, 4.69) is 4.98 Å². The second-order valence-corrected chi connectivity index (χ2v) is 5.86. The molecule has 1 aromatic rings. The fraction of sp³-hybridized carbons (Fsp3) is 0.556. The Kier molecular flexibility index (Phi) is 9.21. The van der Waals surface area contributed by atoms with Crippen LogP contribution in [0.3, 0.4) is 0 Å². The van der Waals surface area contributed by atoms with Gasteiger partial charge in [0.25, 0.3) is 0 Å². The van der Waals surface area contributed by atoms with E-state index in [9.17, 15) is 14.4 Å². The lowest BCUT2D eigenvalue weighted by Gasteiger charge is -2.11. The minimum absolute atomic E-state index is 0.0442. The summed E-state index contributed by atoms with van der Waals surface area (Å²) in [5.74, 6) is -1.87. The molecule has 0 amide bonds. The highest BCUT2D eigenvalue weighted by Gasteiger charge is 2.11. The van der Waals surface area contributed by atoms with Gasteiger partial charge < -0.3 is 14.9 Å². The second-order valence-electron chi connectivity index (χ2n) is 5.86. The van der Waals surface area contributed by atoms with Crippen molar-refractivity contribution in [2.24, 2.45) is 0 Å². The van der Waals surface area contributed by atoms with Crippen molar-refractivity contribution in [3.05, 3.63) is 23.4 Å². The zero-order valence-corrected chi connectivity index (χ0v) is 14.5. The number of nitrogens with zero attached hydrogens (tertiary/aromatic N) is 1. The summed E-state index contributed by atoms with van der Waals surface area (Å²) in [4.78, 5) is 37.2. The fourth-order valence-electron chi connectivity index (χ4n) is 2.37. The molecule has 0 saturated heterocycles. The number of carboxylic acids is 2. The van der Waals surface area contributed by atoms with Crippen molar-refractivity contribution < 1.29 is 29.3 Å². The summed E-state index contributed by atoms with van der Waals surface area (Å²) in [5.41, 5.74) is 1.71. The van der Waals surface area contributed by atoms with Crippen molar-refractivity contribution in [1.82, 2.24) is 4.98 Å². The predicted molar refractivity (Wildman–Crippen MR) is 90.5 cm³/mol. The predicted octanol–water partition coefficient (Wildman–Crippen LogP) is 2.99. The Bertz CT molecular complexity index is 599. The van der Waals surface area contributed by atoms with Gasteiger partial charge in [-0.25, -0.2) is 4.98 Å². The normalized spacial score (nSPS) is 10.4. The lowest BCUT2D eigenvalue weighted by atomic mass is 10.00. The largest absolute Gasteiger partial charge is 0.481 e. The first-order valence-corrected chi connectivity index (χ1v) is 8.54. The molecule has 0 saturated carbocycles. The summed E-state index contributed by atoms with van der Waals surface area (Å²) < 4.78 is 5.22. The number of hydrogen-bond acceptors (Lipinski definition) is 5. The van der Waals surface area contributed by atoms with Gasteiger partial charge in [0.1, 0.15) is 0 Å². The molecule has 0 aliphatic rings. The molecule has 0 radical (unpaired) electrons. The number of aliphatic carboxylic acids is 2. The van der Waals surface area contributed by atoms with Crippen molar-refractivity contribution >= 4 is 17.9 Å². The molecule has 0 aliphatic heterocycles. The summed E-state index contributed by atoms with van der Waals surface area (Å²) in [6.07, 6.45) is 5.62. The third-order valence-corrected chi connectivity index (χ3v) is 3.68.